The van der Waals surface area contributed by atoms with Crippen molar-refractivity contribution in [2.45, 2.75) is 6.42 Å². The summed E-state index contributed by atoms with van der Waals surface area (Å²) in [6.45, 7) is 0. The van der Waals surface area contributed by atoms with Gasteiger partial charge in [0, 0.05) is 0 Å². The maximum Gasteiger partial charge on any atom is 0.238 e. The van der Waals surface area contributed by atoms with Crippen LogP contribution in [0.3, 0.4) is 0 Å². The minimum Gasteiger partial charge on any atom is -0.274 e. The SMILES string of the molecule is O=C1C2C3C=CC(C3)C2C(=O)N1c1ccc2[nH]nnc2c1. The quantitative estimate of drug-likeness (QED) is 0.630. The molecule has 1 aromatic heterocycles. The van der Waals surface area contributed by atoms with Crippen molar-refractivity contribution in [2.24, 2.45) is 23.7 Å². The smallest absolute Gasteiger partial charge is 0.238 e. The number of amides is 2. The molecule has 3 aliphatic rings. The van der Waals surface area contributed by atoms with E-state index in [0.717, 1.165) is 11.9 Å². The normalized spacial score (nSPS) is 33.4. The van der Waals surface area contributed by atoms with Crippen LogP contribution >= 0.6 is 0 Å². The summed E-state index contributed by atoms with van der Waals surface area (Å²) in [6.07, 6.45) is 5.14. The van der Waals surface area contributed by atoms with Gasteiger partial charge in [-0.3, -0.25) is 14.7 Å². The van der Waals surface area contributed by atoms with Crippen LogP contribution in [0, 0.1) is 23.7 Å². The van der Waals surface area contributed by atoms with Gasteiger partial charge in [-0.2, -0.15) is 0 Å². The maximum absolute atomic E-state index is 12.7. The van der Waals surface area contributed by atoms with Gasteiger partial charge in [-0.15, -0.1) is 5.10 Å². The predicted octanol–water partition coefficient (Wildman–Crippen LogP) is 1.27. The van der Waals surface area contributed by atoms with Gasteiger partial charge in [-0.1, -0.05) is 17.4 Å². The Kier molecular flexibility index (Phi) is 1.91. The van der Waals surface area contributed by atoms with Crippen LogP contribution in [-0.2, 0) is 9.59 Å². The highest BCUT2D eigenvalue weighted by Crippen LogP contribution is 2.53. The molecular weight excluding hydrogens is 268 g/mol. The van der Waals surface area contributed by atoms with E-state index in [-0.39, 0.29) is 35.5 Å². The first-order valence-electron chi connectivity index (χ1n) is 7.11. The van der Waals surface area contributed by atoms with E-state index in [1.807, 2.05) is 0 Å². The van der Waals surface area contributed by atoms with Crippen LogP contribution in [-0.4, -0.2) is 27.2 Å². The Morgan fingerprint density at radius 1 is 1.10 bits per heavy atom. The fourth-order valence-corrected chi connectivity index (χ4v) is 4.13. The van der Waals surface area contributed by atoms with Gasteiger partial charge in [0.2, 0.25) is 11.8 Å². The number of rotatable bonds is 1. The molecule has 1 aliphatic heterocycles. The Morgan fingerprint density at radius 2 is 1.81 bits per heavy atom. The Morgan fingerprint density at radius 3 is 2.52 bits per heavy atom. The molecule has 0 spiro atoms. The predicted molar refractivity (Wildman–Crippen MR) is 74.1 cm³/mol. The molecule has 4 unspecified atom stereocenters. The molecule has 5 rings (SSSR count). The zero-order chi connectivity index (χ0) is 14.1. The lowest BCUT2D eigenvalue weighted by Crippen LogP contribution is -2.32. The third kappa shape index (κ3) is 1.27. The molecule has 1 N–H and O–H groups in total. The molecule has 21 heavy (non-hydrogen) atoms. The van der Waals surface area contributed by atoms with Crippen LogP contribution in [0.5, 0.6) is 0 Å². The fourth-order valence-electron chi connectivity index (χ4n) is 4.13. The second-order valence-electron chi connectivity index (χ2n) is 6.03. The van der Waals surface area contributed by atoms with E-state index in [1.54, 1.807) is 18.2 Å². The lowest BCUT2D eigenvalue weighted by Gasteiger charge is -2.17. The van der Waals surface area contributed by atoms with E-state index in [4.69, 9.17) is 0 Å². The van der Waals surface area contributed by atoms with Crippen molar-refractivity contribution in [3.8, 4) is 0 Å². The Bertz CT molecular complexity index is 794. The van der Waals surface area contributed by atoms with Gasteiger partial charge in [-0.25, -0.2) is 4.90 Å². The third-order valence-corrected chi connectivity index (χ3v) is 5.04. The first kappa shape index (κ1) is 11.2. The fraction of sp³-hybridized carbons (Fsp3) is 0.333. The summed E-state index contributed by atoms with van der Waals surface area (Å²) < 4.78 is 0. The standard InChI is InChI=1S/C15H12N4O2/c20-14-12-7-1-2-8(5-7)13(12)15(21)19(14)9-3-4-10-11(6-9)17-18-16-10/h1-4,6-8,12-13H,5H2,(H,16,17,18). The molecule has 2 aromatic rings. The van der Waals surface area contributed by atoms with E-state index < -0.39 is 0 Å². The van der Waals surface area contributed by atoms with E-state index in [1.165, 1.54) is 4.90 Å². The van der Waals surface area contributed by atoms with Gasteiger partial charge in [0.1, 0.15) is 5.52 Å². The van der Waals surface area contributed by atoms with Crippen molar-refractivity contribution in [3.63, 3.8) is 0 Å². The molecule has 0 radical (unpaired) electrons. The van der Waals surface area contributed by atoms with Gasteiger partial charge < -0.3 is 0 Å². The summed E-state index contributed by atoms with van der Waals surface area (Å²) in [4.78, 5) is 26.7. The van der Waals surface area contributed by atoms with Crippen LogP contribution in [0.15, 0.2) is 30.4 Å². The molecule has 1 saturated heterocycles. The molecule has 1 saturated carbocycles. The summed E-state index contributed by atoms with van der Waals surface area (Å²) in [5, 5.41) is 10.4. The highest BCUT2D eigenvalue weighted by molar-refractivity contribution is 6.23. The molecule has 2 aliphatic carbocycles. The minimum atomic E-state index is -0.166. The Labute approximate surface area is 119 Å². The molecule has 4 atom stereocenters. The average Bonchev–Trinajstić information content (AvgIpc) is 3.22. The number of H-pyrrole nitrogens is 1. The van der Waals surface area contributed by atoms with Crippen LogP contribution < -0.4 is 4.90 Å². The molecule has 2 bridgehead atoms. The summed E-state index contributed by atoms with van der Waals surface area (Å²) in [6, 6.07) is 5.31. The zero-order valence-corrected chi connectivity index (χ0v) is 11.1. The minimum absolute atomic E-state index is 0.0651. The van der Waals surface area contributed by atoms with Crippen LogP contribution in [0.1, 0.15) is 6.42 Å². The van der Waals surface area contributed by atoms with Gasteiger partial charge in [0.05, 0.1) is 23.0 Å². The number of allylic oxidation sites excluding steroid dienone is 2. The van der Waals surface area contributed by atoms with E-state index in [9.17, 15) is 9.59 Å². The van der Waals surface area contributed by atoms with E-state index in [0.29, 0.717) is 11.2 Å². The molecule has 2 heterocycles. The summed E-state index contributed by atoms with van der Waals surface area (Å²) in [5.74, 6) is 0.00450. The number of carbonyl (C=O) groups is 2. The summed E-state index contributed by atoms with van der Waals surface area (Å²) in [5.41, 5.74) is 2.05. The number of aromatic amines is 1. The molecule has 6 nitrogen and oxygen atoms in total. The number of imide groups is 1. The molecule has 2 fully saturated rings. The molecule has 6 heteroatoms. The number of anilines is 1. The summed E-state index contributed by atoms with van der Waals surface area (Å²) in [7, 11) is 0. The van der Waals surface area contributed by atoms with Crippen molar-refractivity contribution in [1.82, 2.24) is 15.4 Å². The highest BCUT2D eigenvalue weighted by atomic mass is 16.2. The van der Waals surface area contributed by atoms with E-state index >= 15 is 0 Å². The molecule has 2 amide bonds. The number of fused-ring (bicyclic) bond motifs is 6. The molecule has 1 aromatic carbocycles. The largest absolute Gasteiger partial charge is 0.274 e. The number of benzene rings is 1. The monoisotopic (exact) mass is 280 g/mol. The number of carbonyl (C=O) groups excluding carboxylic acids is 2. The number of hydrogen-bond acceptors (Lipinski definition) is 4. The van der Waals surface area contributed by atoms with Gasteiger partial charge in [-0.05, 0) is 36.5 Å². The van der Waals surface area contributed by atoms with Crippen molar-refractivity contribution in [3.05, 3.63) is 30.4 Å². The second kappa shape index (κ2) is 3.58. The first-order chi connectivity index (χ1) is 10.2. The maximum atomic E-state index is 12.7. The van der Waals surface area contributed by atoms with Gasteiger partial charge >= 0.3 is 0 Å². The number of nitrogens with zero attached hydrogens (tertiary/aromatic N) is 3. The zero-order valence-electron chi connectivity index (χ0n) is 11.1. The first-order valence-corrected chi connectivity index (χ1v) is 7.11. The number of hydrogen-bond donors (Lipinski definition) is 1. The Balaban J connectivity index is 1.61. The molecule has 104 valence electrons. The average molecular weight is 280 g/mol. The Hall–Kier alpha value is -2.50. The van der Waals surface area contributed by atoms with Crippen molar-refractivity contribution < 1.29 is 9.59 Å². The lowest BCUT2D eigenvalue weighted by atomic mass is 9.85. The van der Waals surface area contributed by atoms with E-state index in [2.05, 4.69) is 27.6 Å². The number of aromatic nitrogens is 3. The van der Waals surface area contributed by atoms with Crippen LogP contribution in [0.4, 0.5) is 5.69 Å². The lowest BCUT2D eigenvalue weighted by molar-refractivity contribution is -0.123. The van der Waals surface area contributed by atoms with Crippen LogP contribution in [0.2, 0.25) is 0 Å². The topological polar surface area (TPSA) is 79.0 Å². The summed E-state index contributed by atoms with van der Waals surface area (Å²) >= 11 is 0. The number of nitrogens with one attached hydrogen (secondary N) is 1. The van der Waals surface area contributed by atoms with Crippen molar-refractivity contribution in [1.29, 1.82) is 0 Å². The second-order valence-corrected chi connectivity index (χ2v) is 6.03. The van der Waals surface area contributed by atoms with Crippen molar-refractivity contribution >= 4 is 28.5 Å². The third-order valence-electron chi connectivity index (χ3n) is 5.04. The van der Waals surface area contributed by atoms with Crippen LogP contribution in [0.25, 0.3) is 11.0 Å². The highest BCUT2D eigenvalue weighted by Gasteiger charge is 2.59. The van der Waals surface area contributed by atoms with Gasteiger partial charge in [0.25, 0.3) is 0 Å². The van der Waals surface area contributed by atoms with Gasteiger partial charge in [0.15, 0.2) is 0 Å². The van der Waals surface area contributed by atoms with Crippen molar-refractivity contribution in [2.75, 3.05) is 4.90 Å². The molecular formula is C15H12N4O2.